The number of hydrogen-bond donors (Lipinski definition) is 1. The summed E-state index contributed by atoms with van der Waals surface area (Å²) >= 11 is 1.24. The molecule has 0 fully saturated rings. The molecular weight excluding hydrogens is 467 g/mol. The van der Waals surface area contributed by atoms with Gasteiger partial charge in [0.25, 0.3) is 5.91 Å². The third kappa shape index (κ3) is 4.91. The summed E-state index contributed by atoms with van der Waals surface area (Å²) in [6.07, 6.45) is 1.13. The lowest BCUT2D eigenvalue weighted by atomic mass is 10.1. The Kier molecular flexibility index (Phi) is 5.95. The van der Waals surface area contributed by atoms with Crippen LogP contribution in [0.2, 0.25) is 0 Å². The van der Waals surface area contributed by atoms with Crippen LogP contribution in [-0.2, 0) is 10.0 Å². The van der Waals surface area contributed by atoms with Crippen molar-refractivity contribution in [2.24, 2.45) is 0 Å². The summed E-state index contributed by atoms with van der Waals surface area (Å²) in [5, 5.41) is 9.03. The van der Waals surface area contributed by atoms with Gasteiger partial charge >= 0.3 is 0 Å². The largest absolute Gasteiger partial charge is 0.297 e. The van der Waals surface area contributed by atoms with E-state index in [4.69, 9.17) is 0 Å². The minimum atomic E-state index is -3.35. The minimum Gasteiger partial charge on any atom is -0.295 e. The fourth-order valence-electron chi connectivity index (χ4n) is 2.96. The van der Waals surface area contributed by atoms with Crippen LogP contribution in [0.4, 0.5) is 15.2 Å². The highest BCUT2D eigenvalue weighted by atomic mass is 32.2. The number of aromatic nitrogens is 4. The Labute approximate surface area is 193 Å². The molecule has 4 aromatic rings. The molecule has 1 N–H and O–H groups in total. The zero-order valence-electron chi connectivity index (χ0n) is 17.9. The average Bonchev–Trinajstić information content (AvgIpc) is 3.40. The Morgan fingerprint density at radius 1 is 1.09 bits per heavy atom. The van der Waals surface area contributed by atoms with Gasteiger partial charge in [-0.25, -0.2) is 27.5 Å². The first kappa shape index (κ1) is 22.6. The van der Waals surface area contributed by atoms with E-state index in [1.165, 1.54) is 39.5 Å². The predicted octanol–water partition coefficient (Wildman–Crippen LogP) is 3.49. The number of rotatable bonds is 6. The molecule has 9 nitrogen and oxygen atoms in total. The smallest absolute Gasteiger partial charge is 0.295 e. The van der Waals surface area contributed by atoms with Gasteiger partial charge in [-0.05, 0) is 43.3 Å². The highest BCUT2D eigenvalue weighted by molar-refractivity contribution is 7.92. The lowest BCUT2D eigenvalue weighted by Gasteiger charge is -2.16. The molecule has 2 heterocycles. The molecule has 0 radical (unpaired) electrons. The summed E-state index contributed by atoms with van der Waals surface area (Å²) in [4.78, 5) is 21.2. The van der Waals surface area contributed by atoms with Gasteiger partial charge < -0.3 is 0 Å². The molecule has 0 unspecified atom stereocenters. The van der Waals surface area contributed by atoms with Crippen molar-refractivity contribution in [1.29, 1.82) is 0 Å². The molecule has 4 rings (SSSR count). The quantitative estimate of drug-likeness (QED) is 0.447. The summed E-state index contributed by atoms with van der Waals surface area (Å²) in [6.45, 7) is 1.69. The number of nitrogens with one attached hydrogen (secondary N) is 1. The van der Waals surface area contributed by atoms with Crippen molar-refractivity contribution in [3.63, 3.8) is 0 Å². The van der Waals surface area contributed by atoms with E-state index in [1.54, 1.807) is 48.7 Å². The van der Waals surface area contributed by atoms with E-state index in [1.807, 2.05) is 0 Å². The van der Waals surface area contributed by atoms with Crippen LogP contribution < -0.4 is 9.62 Å². The molecule has 2 aromatic carbocycles. The average molecular weight is 487 g/mol. The summed E-state index contributed by atoms with van der Waals surface area (Å²) < 4.78 is 39.2. The molecule has 0 aliphatic heterocycles. The lowest BCUT2D eigenvalue weighted by Crippen LogP contribution is -2.24. The number of hydrogen-bond acceptors (Lipinski definition) is 7. The number of halogens is 1. The Bertz CT molecular complexity index is 1410. The maximum atomic E-state index is 13.2. The molecule has 170 valence electrons. The number of thiazole rings is 1. The number of aryl methyl sites for hydroxylation is 1. The van der Waals surface area contributed by atoms with Crippen LogP contribution in [-0.4, -0.2) is 47.4 Å². The molecule has 12 heteroatoms. The summed E-state index contributed by atoms with van der Waals surface area (Å²) in [7, 11) is -1.87. The molecule has 0 atom stereocenters. The number of sulfonamides is 1. The molecule has 1 amide bonds. The van der Waals surface area contributed by atoms with Crippen LogP contribution in [0, 0.1) is 12.7 Å². The van der Waals surface area contributed by atoms with Gasteiger partial charge in [0.05, 0.1) is 23.3 Å². The zero-order chi connectivity index (χ0) is 23.8. The number of benzene rings is 2. The number of anilines is 2. The number of amides is 1. The molecule has 0 aliphatic rings. The van der Waals surface area contributed by atoms with Gasteiger partial charge in [0.15, 0.2) is 5.13 Å². The molecule has 33 heavy (non-hydrogen) atoms. The van der Waals surface area contributed by atoms with Gasteiger partial charge in [-0.2, -0.15) is 0 Å². The third-order valence-corrected chi connectivity index (χ3v) is 6.76. The van der Waals surface area contributed by atoms with Crippen molar-refractivity contribution >= 4 is 38.1 Å². The summed E-state index contributed by atoms with van der Waals surface area (Å²) in [5.74, 6) is -0.455. The van der Waals surface area contributed by atoms with Gasteiger partial charge in [0.1, 0.15) is 11.6 Å². The second-order valence-electron chi connectivity index (χ2n) is 7.14. The van der Waals surface area contributed by atoms with E-state index in [0.29, 0.717) is 28.0 Å². The van der Waals surface area contributed by atoms with Gasteiger partial charge in [-0.3, -0.25) is 14.4 Å². The van der Waals surface area contributed by atoms with Gasteiger partial charge in [-0.1, -0.05) is 12.1 Å². The van der Waals surface area contributed by atoms with E-state index >= 15 is 0 Å². The van der Waals surface area contributed by atoms with Gasteiger partial charge in [0, 0.05) is 18.0 Å². The Balaban J connectivity index is 1.48. The molecule has 0 aliphatic carbocycles. The fourth-order valence-corrected chi connectivity index (χ4v) is 4.18. The standard InChI is InChI=1S/C21H19FN6O3S2/c1-13-23-19(26-28(13)17-10-6-15(22)7-11-17)20(29)25-21-24-18(12-32-21)14-4-8-16(9-5-14)27(2)33(3,30)31/h4-12H,1-3H3,(H,24,25,29). The third-order valence-electron chi connectivity index (χ3n) is 4.79. The van der Waals surface area contributed by atoms with Crippen molar-refractivity contribution in [2.75, 3.05) is 22.9 Å². The Hall–Kier alpha value is -3.64. The van der Waals surface area contributed by atoms with E-state index in [9.17, 15) is 17.6 Å². The SMILES string of the molecule is Cc1nc(C(=O)Nc2nc(-c3ccc(N(C)S(C)(=O)=O)cc3)cs2)nn1-c1ccc(F)cc1. The molecular formula is C21H19FN6O3S2. The normalized spacial score (nSPS) is 11.4. The highest BCUT2D eigenvalue weighted by Gasteiger charge is 2.17. The van der Waals surface area contributed by atoms with E-state index in [-0.39, 0.29) is 11.6 Å². The predicted molar refractivity (Wildman–Crippen MR) is 125 cm³/mol. The summed E-state index contributed by atoms with van der Waals surface area (Å²) in [6, 6.07) is 12.6. The summed E-state index contributed by atoms with van der Waals surface area (Å²) in [5.41, 5.74) is 2.52. The first-order chi connectivity index (χ1) is 15.6. The van der Waals surface area contributed by atoms with Crippen molar-refractivity contribution < 1.29 is 17.6 Å². The van der Waals surface area contributed by atoms with Crippen molar-refractivity contribution in [1.82, 2.24) is 19.7 Å². The number of carbonyl (C=O) groups excluding carboxylic acids is 1. The van der Waals surface area contributed by atoms with E-state index in [0.717, 1.165) is 11.8 Å². The second kappa shape index (κ2) is 8.71. The van der Waals surface area contributed by atoms with E-state index in [2.05, 4.69) is 20.4 Å². The van der Waals surface area contributed by atoms with Crippen molar-refractivity contribution in [2.45, 2.75) is 6.92 Å². The topological polar surface area (TPSA) is 110 Å². The van der Waals surface area contributed by atoms with Gasteiger partial charge in [-0.15, -0.1) is 16.4 Å². The van der Waals surface area contributed by atoms with Crippen LogP contribution in [0.25, 0.3) is 16.9 Å². The first-order valence-corrected chi connectivity index (χ1v) is 12.4. The van der Waals surface area contributed by atoms with Crippen LogP contribution in [0.3, 0.4) is 0 Å². The van der Waals surface area contributed by atoms with Gasteiger partial charge in [0.2, 0.25) is 15.8 Å². The van der Waals surface area contributed by atoms with Crippen LogP contribution in [0.15, 0.2) is 53.9 Å². The fraction of sp³-hybridized carbons (Fsp3) is 0.143. The van der Waals surface area contributed by atoms with E-state index < -0.39 is 15.9 Å². The maximum absolute atomic E-state index is 13.2. The molecule has 2 aromatic heterocycles. The van der Waals surface area contributed by atoms with Crippen molar-refractivity contribution in [3.8, 4) is 16.9 Å². The highest BCUT2D eigenvalue weighted by Crippen LogP contribution is 2.27. The Morgan fingerprint density at radius 3 is 2.39 bits per heavy atom. The van der Waals surface area contributed by atoms with Crippen molar-refractivity contribution in [3.05, 3.63) is 71.4 Å². The molecule has 0 saturated heterocycles. The molecule has 0 spiro atoms. The Morgan fingerprint density at radius 2 is 1.76 bits per heavy atom. The maximum Gasteiger partial charge on any atom is 0.297 e. The molecule has 0 saturated carbocycles. The second-order valence-corrected chi connectivity index (χ2v) is 10.0. The van der Waals surface area contributed by atoms with Crippen LogP contribution in [0.5, 0.6) is 0 Å². The number of carbonyl (C=O) groups is 1. The minimum absolute atomic E-state index is 0.0401. The lowest BCUT2D eigenvalue weighted by molar-refractivity contribution is 0.101. The number of nitrogens with zero attached hydrogens (tertiary/aromatic N) is 5. The van der Waals surface area contributed by atoms with Crippen LogP contribution >= 0.6 is 11.3 Å². The zero-order valence-corrected chi connectivity index (χ0v) is 19.5. The monoisotopic (exact) mass is 486 g/mol. The molecule has 0 bridgehead atoms. The first-order valence-electron chi connectivity index (χ1n) is 9.62. The van der Waals surface area contributed by atoms with Crippen LogP contribution in [0.1, 0.15) is 16.4 Å².